The first kappa shape index (κ1) is 15.5. The summed E-state index contributed by atoms with van der Waals surface area (Å²) < 4.78 is 11.5. The van der Waals surface area contributed by atoms with E-state index in [0.29, 0.717) is 17.8 Å². The Bertz CT molecular complexity index is 1100. The second kappa shape index (κ2) is 6.49. The molecule has 0 aliphatic rings. The summed E-state index contributed by atoms with van der Waals surface area (Å²) in [5.74, 6) is 0.00744. The highest BCUT2D eigenvalue weighted by Gasteiger charge is 2.10. The summed E-state index contributed by atoms with van der Waals surface area (Å²) in [6, 6.07) is 15.9. The van der Waals surface area contributed by atoms with E-state index in [1.165, 1.54) is 6.07 Å². The number of nitrogens with zero attached hydrogens (tertiary/aromatic N) is 1. The number of ether oxygens (including phenoxy) is 1. The largest absolute Gasteiger partial charge is 0.426 e. The van der Waals surface area contributed by atoms with Crippen molar-refractivity contribution in [1.82, 2.24) is 4.98 Å². The molecule has 0 atom stereocenters. The van der Waals surface area contributed by atoms with Crippen LogP contribution in [0.5, 0.6) is 5.75 Å². The van der Waals surface area contributed by atoms with Gasteiger partial charge in [0.2, 0.25) is 0 Å². The third-order valence-corrected chi connectivity index (χ3v) is 4.80. The molecular weight excluding hydrogens is 338 g/mol. The van der Waals surface area contributed by atoms with Gasteiger partial charge in [0.05, 0.1) is 21.6 Å². The molecule has 0 saturated heterocycles. The van der Waals surface area contributed by atoms with Gasteiger partial charge in [-0.3, -0.25) is 4.79 Å². The van der Waals surface area contributed by atoms with Crippen LogP contribution in [-0.4, -0.2) is 11.0 Å². The molecule has 0 spiro atoms. The molecule has 0 radical (unpaired) electrons. The van der Waals surface area contributed by atoms with E-state index in [4.69, 9.17) is 9.15 Å². The van der Waals surface area contributed by atoms with Gasteiger partial charge in [0.1, 0.15) is 11.3 Å². The number of thiazole rings is 1. The highest BCUT2D eigenvalue weighted by molar-refractivity contribution is 7.18. The molecule has 0 N–H and O–H groups in total. The van der Waals surface area contributed by atoms with Crippen LogP contribution in [0.25, 0.3) is 21.2 Å². The summed E-state index contributed by atoms with van der Waals surface area (Å²) in [5.41, 5.74) is 0.899. The number of para-hydroxylation sites is 1. The molecule has 0 unspecified atom stereocenters. The van der Waals surface area contributed by atoms with Crippen molar-refractivity contribution >= 4 is 38.5 Å². The second-order valence-corrected chi connectivity index (χ2v) is 6.62. The number of benzene rings is 2. The molecule has 0 saturated carbocycles. The van der Waals surface area contributed by atoms with Crippen molar-refractivity contribution in [2.75, 3.05) is 0 Å². The van der Waals surface area contributed by atoms with Gasteiger partial charge in [-0.25, -0.2) is 9.78 Å². The van der Waals surface area contributed by atoms with Crippen LogP contribution in [0.15, 0.2) is 63.8 Å². The van der Waals surface area contributed by atoms with Gasteiger partial charge in [-0.2, -0.15) is 0 Å². The lowest BCUT2D eigenvalue weighted by molar-refractivity contribution is -0.134. The van der Waals surface area contributed by atoms with Crippen molar-refractivity contribution in [2.45, 2.75) is 12.8 Å². The van der Waals surface area contributed by atoms with Crippen molar-refractivity contribution in [3.63, 3.8) is 0 Å². The Hall–Kier alpha value is -2.99. The summed E-state index contributed by atoms with van der Waals surface area (Å²) in [4.78, 5) is 27.8. The number of aromatic nitrogens is 1. The number of fused-ring (bicyclic) bond motifs is 2. The van der Waals surface area contributed by atoms with Crippen LogP contribution in [0.4, 0.5) is 0 Å². The Labute approximate surface area is 146 Å². The maximum absolute atomic E-state index is 12.1. The predicted molar refractivity (Wildman–Crippen MR) is 96.1 cm³/mol. The summed E-state index contributed by atoms with van der Waals surface area (Å²) in [7, 11) is 0. The topological polar surface area (TPSA) is 69.4 Å². The molecule has 2 heterocycles. The quantitative estimate of drug-likeness (QED) is 0.316. The normalized spacial score (nSPS) is 11.0. The average Bonchev–Trinajstić information content (AvgIpc) is 3.02. The Morgan fingerprint density at radius 2 is 1.96 bits per heavy atom. The molecule has 4 aromatic rings. The third-order valence-electron chi connectivity index (χ3n) is 3.71. The smallest absolute Gasteiger partial charge is 0.336 e. The molecule has 0 amide bonds. The summed E-state index contributed by atoms with van der Waals surface area (Å²) in [6.45, 7) is 0. The minimum atomic E-state index is -0.438. The van der Waals surface area contributed by atoms with E-state index in [1.807, 2.05) is 24.3 Å². The van der Waals surface area contributed by atoms with Crippen molar-refractivity contribution in [1.29, 1.82) is 0 Å². The summed E-state index contributed by atoms with van der Waals surface area (Å²) in [6.07, 6.45) is 0.761. The molecule has 2 aromatic heterocycles. The van der Waals surface area contributed by atoms with Gasteiger partial charge in [0, 0.05) is 23.9 Å². The second-order valence-electron chi connectivity index (χ2n) is 5.50. The molecule has 5 nitrogen and oxygen atoms in total. The van der Waals surface area contributed by atoms with Crippen LogP contribution in [0.3, 0.4) is 0 Å². The summed E-state index contributed by atoms with van der Waals surface area (Å²) in [5, 5.41) is 1.68. The highest BCUT2D eigenvalue weighted by Crippen LogP contribution is 2.23. The lowest BCUT2D eigenvalue weighted by atomic mass is 10.2. The minimum Gasteiger partial charge on any atom is -0.426 e. The summed E-state index contributed by atoms with van der Waals surface area (Å²) >= 11 is 1.58. The molecule has 0 aliphatic heterocycles. The fourth-order valence-corrected chi connectivity index (χ4v) is 3.49. The van der Waals surface area contributed by atoms with Gasteiger partial charge in [0.25, 0.3) is 0 Å². The van der Waals surface area contributed by atoms with Crippen molar-refractivity contribution in [3.8, 4) is 5.75 Å². The van der Waals surface area contributed by atoms with E-state index in [-0.39, 0.29) is 12.4 Å². The van der Waals surface area contributed by atoms with Crippen molar-refractivity contribution < 1.29 is 13.9 Å². The highest BCUT2D eigenvalue weighted by atomic mass is 32.1. The minimum absolute atomic E-state index is 0.233. The van der Waals surface area contributed by atoms with E-state index in [0.717, 1.165) is 20.6 Å². The fourth-order valence-electron chi connectivity index (χ4n) is 2.52. The zero-order valence-electron chi connectivity index (χ0n) is 13.1. The zero-order chi connectivity index (χ0) is 17.2. The third kappa shape index (κ3) is 3.44. The number of esters is 1. The van der Waals surface area contributed by atoms with Crippen molar-refractivity contribution in [3.05, 3.63) is 70.0 Å². The number of hydrogen-bond acceptors (Lipinski definition) is 6. The Morgan fingerprint density at radius 3 is 2.84 bits per heavy atom. The van der Waals surface area contributed by atoms with Gasteiger partial charge in [-0.15, -0.1) is 11.3 Å². The average molecular weight is 351 g/mol. The number of hydrogen-bond donors (Lipinski definition) is 0. The van der Waals surface area contributed by atoms with E-state index in [1.54, 1.807) is 35.6 Å². The maximum Gasteiger partial charge on any atom is 0.336 e. The van der Waals surface area contributed by atoms with E-state index in [2.05, 4.69) is 4.98 Å². The van der Waals surface area contributed by atoms with E-state index in [9.17, 15) is 9.59 Å². The van der Waals surface area contributed by atoms with Gasteiger partial charge >= 0.3 is 11.6 Å². The molecule has 6 heteroatoms. The zero-order valence-corrected chi connectivity index (χ0v) is 13.9. The van der Waals surface area contributed by atoms with Crippen LogP contribution in [-0.2, 0) is 11.2 Å². The molecule has 0 aliphatic carbocycles. The molecule has 0 fully saturated rings. The standard InChI is InChI=1S/C19H13NO4S/c21-18(10-8-17-20-14-3-1-2-4-16(14)25-17)23-13-7-5-12-6-9-19(22)24-15(12)11-13/h1-7,9,11H,8,10H2. The molecule has 0 bridgehead atoms. The van der Waals surface area contributed by atoms with Gasteiger partial charge < -0.3 is 9.15 Å². The number of aryl methyl sites for hydroxylation is 1. The van der Waals surface area contributed by atoms with Crippen LogP contribution < -0.4 is 10.4 Å². The Morgan fingerprint density at radius 1 is 1.12 bits per heavy atom. The predicted octanol–water partition coefficient (Wildman–Crippen LogP) is 3.94. The first-order valence-corrected chi connectivity index (χ1v) is 8.58. The number of carbonyl (C=O) groups is 1. The van der Waals surface area contributed by atoms with Crippen LogP contribution in [0.2, 0.25) is 0 Å². The SMILES string of the molecule is O=C(CCc1nc2ccccc2s1)Oc1ccc2ccc(=O)oc2c1. The molecule has 2 aromatic carbocycles. The van der Waals surface area contributed by atoms with E-state index < -0.39 is 5.63 Å². The van der Waals surface area contributed by atoms with Crippen molar-refractivity contribution in [2.24, 2.45) is 0 Å². The molecule has 4 rings (SSSR count). The first-order valence-electron chi connectivity index (χ1n) is 7.76. The molecular formula is C19H13NO4S. The first-order chi connectivity index (χ1) is 12.2. The lowest BCUT2D eigenvalue weighted by Gasteiger charge is -2.04. The lowest BCUT2D eigenvalue weighted by Crippen LogP contribution is -2.09. The number of rotatable bonds is 4. The molecule has 124 valence electrons. The maximum atomic E-state index is 12.1. The van der Waals surface area contributed by atoms with Gasteiger partial charge in [-0.05, 0) is 30.3 Å². The Kier molecular flexibility index (Phi) is 4.03. The monoisotopic (exact) mass is 351 g/mol. The molecule has 25 heavy (non-hydrogen) atoms. The van der Waals surface area contributed by atoms with E-state index >= 15 is 0 Å². The van der Waals surface area contributed by atoms with Gasteiger partial charge in [0.15, 0.2) is 0 Å². The fraction of sp³-hybridized carbons (Fsp3) is 0.105. The Balaban J connectivity index is 1.44. The van der Waals surface area contributed by atoms with Crippen LogP contribution in [0.1, 0.15) is 11.4 Å². The van der Waals surface area contributed by atoms with Crippen LogP contribution >= 0.6 is 11.3 Å². The number of carbonyl (C=O) groups excluding carboxylic acids is 1. The van der Waals surface area contributed by atoms with Crippen LogP contribution in [0, 0.1) is 0 Å². The van der Waals surface area contributed by atoms with Gasteiger partial charge in [-0.1, -0.05) is 12.1 Å².